The Labute approximate surface area is 127 Å². The summed E-state index contributed by atoms with van der Waals surface area (Å²) in [5.41, 5.74) is -1.17. The predicted molar refractivity (Wildman–Crippen MR) is 81.3 cm³/mol. The quantitative estimate of drug-likeness (QED) is 0.787. The fraction of sp³-hybridized carbons (Fsp3) is 0.875. The van der Waals surface area contributed by atoms with E-state index in [-0.39, 0.29) is 6.09 Å². The highest BCUT2D eigenvalue weighted by Crippen LogP contribution is 2.37. The van der Waals surface area contributed by atoms with Gasteiger partial charge in [-0.1, -0.05) is 26.2 Å². The van der Waals surface area contributed by atoms with Gasteiger partial charge in [0.1, 0.15) is 5.60 Å². The standard InChI is InChI=1S/C16H29NO4/c1-5-6-7-8-16(13(18)19)9-11-17(12-10-16)14(20)21-15(2,3)4/h5-12H2,1-4H3,(H,18,19). The number of hydrogen-bond donors (Lipinski definition) is 1. The molecule has 0 unspecified atom stereocenters. The van der Waals surface area contributed by atoms with Gasteiger partial charge in [-0.25, -0.2) is 4.79 Å². The zero-order chi connectivity index (χ0) is 16.1. The van der Waals surface area contributed by atoms with Crippen LogP contribution in [0, 0.1) is 5.41 Å². The van der Waals surface area contributed by atoms with Gasteiger partial charge in [-0.15, -0.1) is 0 Å². The smallest absolute Gasteiger partial charge is 0.410 e. The van der Waals surface area contributed by atoms with Crippen LogP contribution >= 0.6 is 0 Å². The van der Waals surface area contributed by atoms with Crippen molar-refractivity contribution in [3.05, 3.63) is 0 Å². The molecule has 21 heavy (non-hydrogen) atoms. The fourth-order valence-corrected chi connectivity index (χ4v) is 2.73. The molecule has 122 valence electrons. The number of nitrogens with zero attached hydrogens (tertiary/aromatic N) is 1. The summed E-state index contributed by atoms with van der Waals surface area (Å²) in [4.78, 5) is 25.3. The van der Waals surface area contributed by atoms with Gasteiger partial charge in [0, 0.05) is 13.1 Å². The largest absolute Gasteiger partial charge is 0.481 e. The van der Waals surface area contributed by atoms with E-state index in [1.54, 1.807) is 4.90 Å². The SMILES string of the molecule is CCCCCC1(C(=O)O)CCN(C(=O)OC(C)(C)C)CC1. The molecule has 1 fully saturated rings. The number of rotatable bonds is 5. The molecule has 0 saturated carbocycles. The van der Waals surface area contributed by atoms with Gasteiger partial charge in [0.2, 0.25) is 0 Å². The Morgan fingerprint density at radius 1 is 1.19 bits per heavy atom. The Bertz CT molecular complexity index is 365. The molecule has 0 bridgehead atoms. The number of aliphatic carboxylic acids is 1. The normalized spacial score (nSPS) is 18.4. The van der Waals surface area contributed by atoms with Gasteiger partial charge in [-0.3, -0.25) is 4.79 Å². The van der Waals surface area contributed by atoms with Crippen molar-refractivity contribution in [3.8, 4) is 0 Å². The van der Waals surface area contributed by atoms with E-state index < -0.39 is 17.0 Å². The molecule has 0 aliphatic carbocycles. The number of carbonyl (C=O) groups is 2. The summed E-state index contributed by atoms with van der Waals surface area (Å²) in [6, 6.07) is 0. The first-order valence-electron chi connectivity index (χ1n) is 7.91. The maximum absolute atomic E-state index is 12.0. The number of ether oxygens (including phenoxy) is 1. The molecule has 5 heteroatoms. The molecular formula is C16H29NO4. The number of amides is 1. The first kappa shape index (κ1) is 17.8. The Hall–Kier alpha value is -1.26. The Morgan fingerprint density at radius 3 is 2.19 bits per heavy atom. The molecule has 0 radical (unpaired) electrons. The van der Waals surface area contributed by atoms with Crippen LogP contribution in [0.1, 0.15) is 66.2 Å². The minimum atomic E-state index is -0.720. The van der Waals surface area contributed by atoms with Crippen molar-refractivity contribution in [3.63, 3.8) is 0 Å². The third-order valence-electron chi connectivity index (χ3n) is 4.08. The van der Waals surface area contributed by atoms with E-state index in [0.717, 1.165) is 19.3 Å². The summed E-state index contributed by atoms with van der Waals surface area (Å²) in [5.74, 6) is -0.720. The molecular weight excluding hydrogens is 270 g/mol. The van der Waals surface area contributed by atoms with Crippen LogP contribution in [0.5, 0.6) is 0 Å². The Kier molecular flexibility index (Phi) is 6.05. The second-order valence-corrected chi connectivity index (χ2v) is 7.01. The average Bonchev–Trinajstić information content (AvgIpc) is 2.37. The minimum absolute atomic E-state index is 0.338. The van der Waals surface area contributed by atoms with Gasteiger partial charge in [-0.2, -0.15) is 0 Å². The van der Waals surface area contributed by atoms with Crippen LogP contribution < -0.4 is 0 Å². The highest BCUT2D eigenvalue weighted by Gasteiger charge is 2.42. The summed E-state index contributed by atoms with van der Waals surface area (Å²) in [5, 5.41) is 9.56. The summed E-state index contributed by atoms with van der Waals surface area (Å²) in [6.45, 7) is 8.54. The molecule has 0 aromatic rings. The van der Waals surface area contributed by atoms with Gasteiger partial charge in [0.05, 0.1) is 5.41 Å². The maximum atomic E-state index is 12.0. The molecule has 1 amide bonds. The molecule has 0 atom stereocenters. The van der Waals surface area contributed by atoms with Crippen LogP contribution in [0.4, 0.5) is 4.79 Å². The molecule has 0 spiro atoms. The molecule has 1 rings (SSSR count). The maximum Gasteiger partial charge on any atom is 0.410 e. The van der Waals surface area contributed by atoms with E-state index in [2.05, 4.69) is 6.92 Å². The first-order chi connectivity index (χ1) is 9.70. The first-order valence-corrected chi connectivity index (χ1v) is 7.91. The Balaban J connectivity index is 2.58. The lowest BCUT2D eigenvalue weighted by atomic mass is 9.74. The van der Waals surface area contributed by atoms with E-state index in [1.165, 1.54) is 0 Å². The lowest BCUT2D eigenvalue weighted by Gasteiger charge is -2.39. The number of carboxylic acid groups (broad SMARTS) is 1. The number of likely N-dealkylation sites (tertiary alicyclic amines) is 1. The van der Waals surface area contributed by atoms with Gasteiger partial charge in [0.25, 0.3) is 0 Å². The third-order valence-corrected chi connectivity index (χ3v) is 4.08. The van der Waals surface area contributed by atoms with Crippen LogP contribution in [0.15, 0.2) is 0 Å². The molecule has 5 nitrogen and oxygen atoms in total. The summed E-state index contributed by atoms with van der Waals surface area (Å²) in [7, 11) is 0. The molecule has 1 aliphatic heterocycles. The number of unbranched alkanes of at least 4 members (excludes halogenated alkanes) is 2. The summed E-state index contributed by atoms with van der Waals surface area (Å²) < 4.78 is 5.34. The van der Waals surface area contributed by atoms with Crippen LogP contribution in [-0.4, -0.2) is 40.8 Å². The molecule has 1 aliphatic rings. The highest BCUT2D eigenvalue weighted by atomic mass is 16.6. The van der Waals surface area contributed by atoms with E-state index in [9.17, 15) is 14.7 Å². The van der Waals surface area contributed by atoms with Crippen molar-refractivity contribution in [1.82, 2.24) is 4.90 Å². The van der Waals surface area contributed by atoms with Crippen molar-refractivity contribution in [1.29, 1.82) is 0 Å². The molecule has 1 saturated heterocycles. The van der Waals surface area contributed by atoms with Crippen molar-refractivity contribution in [2.45, 2.75) is 71.8 Å². The van der Waals surface area contributed by atoms with Crippen LogP contribution in [0.3, 0.4) is 0 Å². The molecule has 0 aromatic heterocycles. The lowest BCUT2D eigenvalue weighted by molar-refractivity contribution is -0.152. The monoisotopic (exact) mass is 299 g/mol. The minimum Gasteiger partial charge on any atom is -0.481 e. The second-order valence-electron chi connectivity index (χ2n) is 7.01. The fourth-order valence-electron chi connectivity index (χ4n) is 2.73. The van der Waals surface area contributed by atoms with Gasteiger partial charge >= 0.3 is 12.1 Å². The van der Waals surface area contributed by atoms with Crippen LogP contribution in [-0.2, 0) is 9.53 Å². The van der Waals surface area contributed by atoms with E-state index >= 15 is 0 Å². The highest BCUT2D eigenvalue weighted by molar-refractivity contribution is 5.75. The van der Waals surface area contributed by atoms with Crippen LogP contribution in [0.2, 0.25) is 0 Å². The van der Waals surface area contributed by atoms with Crippen molar-refractivity contribution in [2.24, 2.45) is 5.41 Å². The average molecular weight is 299 g/mol. The number of carbonyl (C=O) groups excluding carboxylic acids is 1. The van der Waals surface area contributed by atoms with Crippen molar-refractivity contribution >= 4 is 12.1 Å². The van der Waals surface area contributed by atoms with Gasteiger partial charge in [-0.05, 0) is 40.0 Å². The second kappa shape index (κ2) is 7.14. The van der Waals surface area contributed by atoms with E-state index in [0.29, 0.717) is 32.4 Å². The predicted octanol–water partition coefficient (Wildman–Crippen LogP) is 3.67. The van der Waals surface area contributed by atoms with Gasteiger partial charge in [0.15, 0.2) is 0 Å². The van der Waals surface area contributed by atoms with E-state index in [1.807, 2.05) is 20.8 Å². The van der Waals surface area contributed by atoms with Crippen LogP contribution in [0.25, 0.3) is 0 Å². The summed E-state index contributed by atoms with van der Waals surface area (Å²) >= 11 is 0. The Morgan fingerprint density at radius 2 is 1.76 bits per heavy atom. The number of hydrogen-bond acceptors (Lipinski definition) is 3. The number of piperidine rings is 1. The molecule has 1 heterocycles. The summed E-state index contributed by atoms with van der Waals surface area (Å²) in [6.07, 6.45) is 4.49. The molecule has 0 aromatic carbocycles. The topological polar surface area (TPSA) is 66.8 Å². The van der Waals surface area contributed by atoms with Crippen molar-refractivity contribution < 1.29 is 19.4 Å². The number of carboxylic acids is 1. The zero-order valence-electron chi connectivity index (χ0n) is 13.8. The zero-order valence-corrected chi connectivity index (χ0v) is 13.8. The van der Waals surface area contributed by atoms with Gasteiger partial charge < -0.3 is 14.7 Å². The van der Waals surface area contributed by atoms with Crippen molar-refractivity contribution in [2.75, 3.05) is 13.1 Å². The lowest BCUT2D eigenvalue weighted by Crippen LogP contribution is -2.47. The van der Waals surface area contributed by atoms with E-state index in [4.69, 9.17) is 4.74 Å². The third kappa shape index (κ3) is 5.21. The molecule has 1 N–H and O–H groups in total.